The quantitative estimate of drug-likeness (QED) is 0.403. The van der Waals surface area contributed by atoms with Gasteiger partial charge in [-0.3, -0.25) is 4.79 Å². The summed E-state index contributed by atoms with van der Waals surface area (Å²) in [6.45, 7) is 0. The van der Waals surface area contributed by atoms with Crippen molar-refractivity contribution in [1.29, 1.82) is 0 Å². The van der Waals surface area contributed by atoms with Gasteiger partial charge >= 0.3 is 0 Å². The highest BCUT2D eigenvalue weighted by Gasteiger charge is 2.20. The number of rotatable bonds is 3. The lowest BCUT2D eigenvalue weighted by Crippen LogP contribution is -2.20. The molecule has 0 fully saturated rings. The van der Waals surface area contributed by atoms with Gasteiger partial charge in [-0.15, -0.1) is 0 Å². The minimum absolute atomic E-state index is 0.0318. The van der Waals surface area contributed by atoms with Gasteiger partial charge in [-0.1, -0.05) is 67.3 Å². The Balaban J connectivity index is 3.01. The van der Waals surface area contributed by atoms with Crippen molar-refractivity contribution < 1.29 is 10.0 Å². The van der Waals surface area contributed by atoms with E-state index in [-0.39, 0.29) is 11.5 Å². The molecule has 0 heterocycles. The number of oxime groups is 1. The summed E-state index contributed by atoms with van der Waals surface area (Å²) in [5, 5.41) is 11.7. The van der Waals surface area contributed by atoms with Gasteiger partial charge < -0.3 is 5.21 Å². The summed E-state index contributed by atoms with van der Waals surface area (Å²) in [4.78, 5) is 11.5. The highest BCUT2D eigenvalue weighted by Crippen LogP contribution is 2.13. The van der Waals surface area contributed by atoms with Crippen LogP contribution >= 0.6 is 31.9 Å². The summed E-state index contributed by atoms with van der Waals surface area (Å²) >= 11 is 6.11. The molecule has 0 aliphatic rings. The Morgan fingerprint density at radius 3 is 2.29 bits per heavy atom. The van der Waals surface area contributed by atoms with Gasteiger partial charge in [0.1, 0.15) is 3.74 Å². The lowest BCUT2D eigenvalue weighted by molar-refractivity contribution is -0.111. The number of Topliss-reactive ketones (excluding diaryl/α,β-unsaturated/α-hetero) is 1. The summed E-state index contributed by atoms with van der Waals surface area (Å²) in [6, 6.07) is 8.77. The molecule has 0 atom stereocenters. The first-order valence-corrected chi connectivity index (χ1v) is 5.59. The maximum Gasteiger partial charge on any atom is 0.209 e. The van der Waals surface area contributed by atoms with Crippen molar-refractivity contribution in [1.82, 2.24) is 0 Å². The largest absolute Gasteiger partial charge is 0.410 e. The van der Waals surface area contributed by atoms with Crippen LogP contribution in [0.15, 0.2) is 35.5 Å². The Bertz CT molecular complexity index is 349. The number of alkyl halides is 2. The minimum atomic E-state index is -0.541. The molecule has 1 aromatic carbocycles. The number of hydrogen-bond acceptors (Lipinski definition) is 3. The van der Waals surface area contributed by atoms with Crippen LogP contribution in [0.3, 0.4) is 0 Å². The highest BCUT2D eigenvalue weighted by atomic mass is 79.9. The zero-order valence-corrected chi connectivity index (χ0v) is 10.2. The normalized spacial score (nSPS) is 11.8. The number of ketones is 1. The van der Waals surface area contributed by atoms with Gasteiger partial charge in [0.05, 0.1) is 0 Å². The molecule has 3 nitrogen and oxygen atoms in total. The zero-order chi connectivity index (χ0) is 10.6. The fraction of sp³-hybridized carbons (Fsp3) is 0.111. The second-order valence-corrected chi connectivity index (χ2v) is 5.54. The predicted molar refractivity (Wildman–Crippen MR) is 61.4 cm³/mol. The molecule has 0 unspecified atom stereocenters. The predicted octanol–water partition coefficient (Wildman–Crippen LogP) is 2.55. The molecule has 0 radical (unpaired) electrons. The second-order valence-electron chi connectivity index (χ2n) is 2.48. The van der Waals surface area contributed by atoms with Crippen LogP contribution in [0, 0.1) is 0 Å². The fourth-order valence-corrected chi connectivity index (χ4v) is 1.38. The van der Waals surface area contributed by atoms with Gasteiger partial charge in [0.2, 0.25) is 5.78 Å². The van der Waals surface area contributed by atoms with Crippen molar-refractivity contribution in [3.05, 3.63) is 35.9 Å². The molecular formula is C9H7Br2NO2. The Morgan fingerprint density at radius 1 is 1.29 bits per heavy atom. The van der Waals surface area contributed by atoms with Gasteiger partial charge in [0, 0.05) is 5.56 Å². The number of benzene rings is 1. The smallest absolute Gasteiger partial charge is 0.209 e. The molecule has 0 aliphatic carbocycles. The molecular weight excluding hydrogens is 314 g/mol. The molecule has 0 saturated heterocycles. The second kappa shape index (κ2) is 5.26. The van der Waals surface area contributed by atoms with Crippen molar-refractivity contribution in [2.75, 3.05) is 0 Å². The molecule has 0 spiro atoms. The first kappa shape index (κ1) is 11.4. The van der Waals surface area contributed by atoms with Crippen LogP contribution < -0.4 is 0 Å². The summed E-state index contributed by atoms with van der Waals surface area (Å²) in [5.74, 6) is -0.321. The Hall–Kier alpha value is -0.680. The van der Waals surface area contributed by atoms with E-state index in [9.17, 15) is 4.79 Å². The maximum atomic E-state index is 11.5. The molecule has 74 valence electrons. The highest BCUT2D eigenvalue weighted by molar-refractivity contribution is 9.25. The maximum absolute atomic E-state index is 11.5. The van der Waals surface area contributed by atoms with E-state index in [1.807, 2.05) is 6.07 Å². The molecule has 5 heteroatoms. The van der Waals surface area contributed by atoms with Crippen LogP contribution in [0.2, 0.25) is 0 Å². The van der Waals surface area contributed by atoms with Crippen molar-refractivity contribution in [3.63, 3.8) is 0 Å². The number of nitrogens with zero attached hydrogens (tertiary/aromatic N) is 1. The summed E-state index contributed by atoms with van der Waals surface area (Å²) < 4.78 is -0.541. The lowest BCUT2D eigenvalue weighted by Gasteiger charge is -2.03. The summed E-state index contributed by atoms with van der Waals surface area (Å²) in [6.07, 6.45) is 0. The van der Waals surface area contributed by atoms with E-state index >= 15 is 0 Å². The van der Waals surface area contributed by atoms with Gasteiger partial charge in [-0.25, -0.2) is 0 Å². The summed E-state index contributed by atoms with van der Waals surface area (Å²) in [5.41, 5.74) is 0.619. The third-order valence-corrected chi connectivity index (χ3v) is 2.41. The van der Waals surface area contributed by atoms with Crippen LogP contribution in [0.5, 0.6) is 0 Å². The summed E-state index contributed by atoms with van der Waals surface area (Å²) in [7, 11) is 0. The SMILES string of the molecule is O=C(/C(=N\O)c1ccccc1)C(Br)Br. The van der Waals surface area contributed by atoms with E-state index in [1.54, 1.807) is 24.3 Å². The van der Waals surface area contributed by atoms with Gasteiger partial charge in [-0.05, 0) is 0 Å². The van der Waals surface area contributed by atoms with E-state index in [0.29, 0.717) is 5.56 Å². The molecule has 1 aromatic rings. The molecule has 1 rings (SSSR count). The standard InChI is InChI=1S/C9H7Br2NO2/c10-9(11)8(13)7(12-14)6-4-2-1-3-5-6/h1-5,9,14H/b12-7-. The van der Waals surface area contributed by atoms with Crippen molar-refractivity contribution in [2.24, 2.45) is 5.16 Å². The number of hydrogen-bond donors (Lipinski definition) is 1. The number of halogens is 2. The monoisotopic (exact) mass is 319 g/mol. The van der Waals surface area contributed by atoms with Crippen molar-refractivity contribution >= 4 is 43.4 Å². The van der Waals surface area contributed by atoms with E-state index in [0.717, 1.165) is 0 Å². The van der Waals surface area contributed by atoms with E-state index in [1.165, 1.54) is 0 Å². The van der Waals surface area contributed by atoms with Crippen LogP contribution in [0.1, 0.15) is 5.56 Å². The lowest BCUT2D eigenvalue weighted by atomic mass is 10.1. The molecule has 0 aromatic heterocycles. The molecule has 0 aliphatic heterocycles. The van der Waals surface area contributed by atoms with E-state index < -0.39 is 3.74 Å². The molecule has 0 amide bonds. The fourth-order valence-electron chi connectivity index (χ4n) is 0.949. The molecule has 1 N–H and O–H groups in total. The van der Waals surface area contributed by atoms with Crippen LogP contribution in [-0.2, 0) is 4.79 Å². The number of carbonyl (C=O) groups excluding carboxylic acids is 1. The first-order chi connectivity index (χ1) is 6.66. The molecule has 14 heavy (non-hydrogen) atoms. The van der Waals surface area contributed by atoms with Gasteiger partial charge in [0.15, 0.2) is 5.71 Å². The third kappa shape index (κ3) is 2.65. The Morgan fingerprint density at radius 2 is 1.86 bits per heavy atom. The average molecular weight is 321 g/mol. The molecule has 0 bridgehead atoms. The van der Waals surface area contributed by atoms with Gasteiger partial charge in [-0.2, -0.15) is 0 Å². The Labute approximate surface area is 98.1 Å². The molecule has 0 saturated carbocycles. The van der Waals surface area contributed by atoms with Crippen LogP contribution in [0.25, 0.3) is 0 Å². The van der Waals surface area contributed by atoms with E-state index in [4.69, 9.17) is 5.21 Å². The van der Waals surface area contributed by atoms with Gasteiger partial charge in [0.25, 0.3) is 0 Å². The van der Waals surface area contributed by atoms with Crippen LogP contribution in [-0.4, -0.2) is 20.4 Å². The Kier molecular flexibility index (Phi) is 4.28. The first-order valence-electron chi connectivity index (χ1n) is 3.76. The van der Waals surface area contributed by atoms with Crippen molar-refractivity contribution in [3.8, 4) is 0 Å². The van der Waals surface area contributed by atoms with E-state index in [2.05, 4.69) is 37.0 Å². The average Bonchev–Trinajstić information content (AvgIpc) is 2.20. The van der Waals surface area contributed by atoms with Crippen molar-refractivity contribution in [2.45, 2.75) is 3.74 Å². The minimum Gasteiger partial charge on any atom is -0.410 e. The zero-order valence-electron chi connectivity index (χ0n) is 7.02. The van der Waals surface area contributed by atoms with Crippen LogP contribution in [0.4, 0.5) is 0 Å². The number of carbonyl (C=O) groups is 1. The topological polar surface area (TPSA) is 49.7 Å². The third-order valence-electron chi connectivity index (χ3n) is 1.58.